The predicted molar refractivity (Wildman–Crippen MR) is 102 cm³/mol. The summed E-state index contributed by atoms with van der Waals surface area (Å²) in [7, 11) is 1.57. The van der Waals surface area contributed by atoms with Crippen LogP contribution >= 0.6 is 0 Å². The molecule has 0 bridgehead atoms. The van der Waals surface area contributed by atoms with E-state index in [0.717, 1.165) is 11.3 Å². The van der Waals surface area contributed by atoms with Gasteiger partial charge in [-0.05, 0) is 54.0 Å². The maximum Gasteiger partial charge on any atom is 0.266 e. The van der Waals surface area contributed by atoms with Crippen molar-refractivity contribution >= 4 is 17.7 Å². The van der Waals surface area contributed by atoms with Crippen molar-refractivity contribution in [3.8, 4) is 17.6 Å². The zero-order valence-electron chi connectivity index (χ0n) is 15.2. The predicted octanol–water partition coefficient (Wildman–Crippen LogP) is 4.28. The Kier molecular flexibility index (Phi) is 6.81. The molecule has 0 radical (unpaired) electrons. The van der Waals surface area contributed by atoms with Crippen LogP contribution in [-0.4, -0.2) is 19.6 Å². The zero-order chi connectivity index (χ0) is 18.9. The van der Waals surface area contributed by atoms with Crippen molar-refractivity contribution in [2.45, 2.75) is 13.8 Å². The molecule has 2 aromatic carbocycles. The standard InChI is InChI=1S/C21H22N2O3/c1-15(2)14-26-20-8-4-16(5-9-20)12-17(13-22)21(24)23-18-6-10-19(25-3)11-7-18/h4-12,15H,14H2,1-3H3,(H,23,24)/b17-12-. The van der Waals surface area contributed by atoms with Crippen molar-refractivity contribution in [1.82, 2.24) is 0 Å². The van der Waals surface area contributed by atoms with Crippen molar-refractivity contribution in [3.05, 3.63) is 59.7 Å². The Morgan fingerprint density at radius 1 is 1.12 bits per heavy atom. The van der Waals surface area contributed by atoms with Gasteiger partial charge in [-0.1, -0.05) is 26.0 Å². The molecule has 0 fully saturated rings. The fourth-order valence-corrected chi connectivity index (χ4v) is 2.11. The first-order chi connectivity index (χ1) is 12.5. The van der Waals surface area contributed by atoms with Crippen molar-refractivity contribution in [2.75, 3.05) is 19.0 Å². The minimum Gasteiger partial charge on any atom is -0.497 e. The van der Waals surface area contributed by atoms with Gasteiger partial charge in [-0.2, -0.15) is 5.26 Å². The van der Waals surface area contributed by atoms with Crippen LogP contribution in [0.15, 0.2) is 54.1 Å². The summed E-state index contributed by atoms with van der Waals surface area (Å²) in [5.41, 5.74) is 1.37. The monoisotopic (exact) mass is 350 g/mol. The lowest BCUT2D eigenvalue weighted by Crippen LogP contribution is -2.13. The number of benzene rings is 2. The number of hydrogen-bond donors (Lipinski definition) is 1. The maximum atomic E-state index is 12.3. The minimum atomic E-state index is -0.460. The number of methoxy groups -OCH3 is 1. The quantitative estimate of drug-likeness (QED) is 0.598. The van der Waals surface area contributed by atoms with E-state index in [1.54, 1.807) is 37.5 Å². The van der Waals surface area contributed by atoms with Crippen LogP contribution in [-0.2, 0) is 4.79 Å². The summed E-state index contributed by atoms with van der Waals surface area (Å²) in [5.74, 6) is 1.44. The van der Waals surface area contributed by atoms with Crippen LogP contribution in [0, 0.1) is 17.2 Å². The number of nitrogens with zero attached hydrogens (tertiary/aromatic N) is 1. The number of amides is 1. The van der Waals surface area contributed by atoms with Gasteiger partial charge in [0.15, 0.2) is 0 Å². The van der Waals surface area contributed by atoms with Gasteiger partial charge in [0.25, 0.3) is 5.91 Å². The molecule has 0 aliphatic carbocycles. The highest BCUT2D eigenvalue weighted by Crippen LogP contribution is 2.18. The Hall–Kier alpha value is -3.26. The molecule has 1 amide bonds. The number of hydrogen-bond acceptors (Lipinski definition) is 4. The van der Waals surface area contributed by atoms with Crippen LogP contribution in [0.5, 0.6) is 11.5 Å². The van der Waals surface area contributed by atoms with E-state index in [1.807, 2.05) is 30.3 Å². The van der Waals surface area contributed by atoms with Gasteiger partial charge in [0, 0.05) is 5.69 Å². The average molecular weight is 350 g/mol. The molecule has 0 spiro atoms. The first-order valence-electron chi connectivity index (χ1n) is 8.32. The van der Waals surface area contributed by atoms with E-state index in [2.05, 4.69) is 19.2 Å². The first-order valence-corrected chi connectivity index (χ1v) is 8.32. The molecule has 0 aliphatic heterocycles. The molecular weight excluding hydrogens is 328 g/mol. The molecule has 2 rings (SSSR count). The van der Waals surface area contributed by atoms with Gasteiger partial charge in [-0.25, -0.2) is 0 Å². The third-order valence-corrected chi connectivity index (χ3v) is 3.49. The summed E-state index contributed by atoms with van der Waals surface area (Å²) in [6.07, 6.45) is 1.55. The van der Waals surface area contributed by atoms with Crippen molar-refractivity contribution in [3.63, 3.8) is 0 Å². The molecule has 1 N–H and O–H groups in total. The Morgan fingerprint density at radius 2 is 1.73 bits per heavy atom. The highest BCUT2D eigenvalue weighted by atomic mass is 16.5. The lowest BCUT2D eigenvalue weighted by Gasteiger charge is -2.08. The van der Waals surface area contributed by atoms with Gasteiger partial charge in [-0.3, -0.25) is 4.79 Å². The third kappa shape index (κ3) is 5.67. The van der Waals surface area contributed by atoms with Gasteiger partial charge in [0.1, 0.15) is 23.1 Å². The molecule has 0 saturated carbocycles. The Balaban J connectivity index is 2.06. The van der Waals surface area contributed by atoms with Gasteiger partial charge in [-0.15, -0.1) is 0 Å². The van der Waals surface area contributed by atoms with E-state index >= 15 is 0 Å². The van der Waals surface area contributed by atoms with Crippen molar-refractivity contribution in [2.24, 2.45) is 5.92 Å². The first kappa shape index (κ1) is 19.1. The maximum absolute atomic E-state index is 12.3. The smallest absolute Gasteiger partial charge is 0.266 e. The summed E-state index contributed by atoms with van der Waals surface area (Å²) < 4.78 is 10.7. The topological polar surface area (TPSA) is 71.3 Å². The summed E-state index contributed by atoms with van der Waals surface area (Å²) in [6.45, 7) is 4.80. The molecule has 5 nitrogen and oxygen atoms in total. The van der Waals surface area contributed by atoms with Crippen LogP contribution < -0.4 is 14.8 Å². The molecule has 0 heterocycles. The second kappa shape index (κ2) is 9.28. The summed E-state index contributed by atoms with van der Waals surface area (Å²) in [6, 6.07) is 16.1. The van der Waals surface area contributed by atoms with E-state index in [1.165, 1.54) is 0 Å². The molecular formula is C21H22N2O3. The summed E-state index contributed by atoms with van der Waals surface area (Å²) in [4.78, 5) is 12.3. The summed E-state index contributed by atoms with van der Waals surface area (Å²) in [5, 5.41) is 12.0. The lowest BCUT2D eigenvalue weighted by atomic mass is 10.1. The van der Waals surface area contributed by atoms with Crippen LogP contribution in [0.25, 0.3) is 6.08 Å². The molecule has 0 aromatic heterocycles. The largest absolute Gasteiger partial charge is 0.497 e. The van der Waals surface area contributed by atoms with Crippen molar-refractivity contribution in [1.29, 1.82) is 5.26 Å². The molecule has 0 aliphatic rings. The number of nitriles is 1. The van der Waals surface area contributed by atoms with Gasteiger partial charge >= 0.3 is 0 Å². The summed E-state index contributed by atoms with van der Waals surface area (Å²) >= 11 is 0. The normalized spacial score (nSPS) is 11.0. The zero-order valence-corrected chi connectivity index (χ0v) is 15.2. The average Bonchev–Trinajstić information content (AvgIpc) is 2.65. The van der Waals surface area contributed by atoms with E-state index < -0.39 is 5.91 Å². The Labute approximate surface area is 153 Å². The van der Waals surface area contributed by atoms with Crippen LogP contribution in [0.3, 0.4) is 0 Å². The molecule has 26 heavy (non-hydrogen) atoms. The molecule has 0 atom stereocenters. The van der Waals surface area contributed by atoms with Gasteiger partial charge in [0.05, 0.1) is 13.7 Å². The minimum absolute atomic E-state index is 0.0247. The Morgan fingerprint density at radius 3 is 2.27 bits per heavy atom. The van der Waals surface area contributed by atoms with Gasteiger partial charge in [0.2, 0.25) is 0 Å². The fourth-order valence-electron chi connectivity index (χ4n) is 2.11. The van der Waals surface area contributed by atoms with E-state index in [0.29, 0.717) is 24.0 Å². The number of anilines is 1. The fraction of sp³-hybridized carbons (Fsp3) is 0.238. The third-order valence-electron chi connectivity index (χ3n) is 3.49. The second-order valence-corrected chi connectivity index (χ2v) is 6.13. The van der Waals surface area contributed by atoms with E-state index in [4.69, 9.17) is 9.47 Å². The second-order valence-electron chi connectivity index (χ2n) is 6.13. The lowest BCUT2D eigenvalue weighted by molar-refractivity contribution is -0.112. The van der Waals surface area contributed by atoms with Gasteiger partial charge < -0.3 is 14.8 Å². The van der Waals surface area contributed by atoms with Crippen molar-refractivity contribution < 1.29 is 14.3 Å². The molecule has 2 aromatic rings. The highest BCUT2D eigenvalue weighted by Gasteiger charge is 2.09. The molecule has 0 unspecified atom stereocenters. The SMILES string of the molecule is COc1ccc(NC(=O)/C(C#N)=C\c2ccc(OCC(C)C)cc2)cc1. The number of ether oxygens (including phenoxy) is 2. The van der Waals surface area contributed by atoms with Crippen LogP contribution in [0.2, 0.25) is 0 Å². The van der Waals surface area contributed by atoms with Crippen LogP contribution in [0.4, 0.5) is 5.69 Å². The highest BCUT2D eigenvalue weighted by molar-refractivity contribution is 6.09. The number of nitrogens with one attached hydrogen (secondary N) is 1. The molecule has 0 saturated heterocycles. The van der Waals surface area contributed by atoms with Crippen LogP contribution in [0.1, 0.15) is 19.4 Å². The Bertz CT molecular complexity index is 801. The molecule has 134 valence electrons. The van der Waals surface area contributed by atoms with E-state index in [9.17, 15) is 10.1 Å². The van der Waals surface area contributed by atoms with E-state index in [-0.39, 0.29) is 5.57 Å². The number of carbonyl (C=O) groups is 1. The number of carbonyl (C=O) groups excluding carboxylic acids is 1. The number of rotatable bonds is 7. The molecule has 5 heteroatoms.